The number of fused-ring (bicyclic) bond motifs is 1. The zero-order chi connectivity index (χ0) is 18.8. The second-order valence-corrected chi connectivity index (χ2v) is 7.23. The molecule has 4 N–H and O–H groups in total. The van der Waals surface area contributed by atoms with Crippen LogP contribution in [0.2, 0.25) is 0 Å². The Morgan fingerprint density at radius 3 is 2.92 bits per heavy atom. The molecule has 1 aliphatic heterocycles. The Hall–Kier alpha value is -1.95. The number of esters is 1. The van der Waals surface area contributed by atoms with Gasteiger partial charge in [-0.1, -0.05) is 0 Å². The van der Waals surface area contributed by atoms with Gasteiger partial charge in [0.2, 0.25) is 0 Å². The molecule has 3 rings (SSSR count). The van der Waals surface area contributed by atoms with Crippen LogP contribution < -0.4 is 5.73 Å². The Morgan fingerprint density at radius 1 is 1.42 bits per heavy atom. The Labute approximate surface area is 153 Å². The van der Waals surface area contributed by atoms with E-state index in [1.807, 2.05) is 0 Å². The summed E-state index contributed by atoms with van der Waals surface area (Å²) in [4.78, 5) is 23.8. The molecule has 1 saturated heterocycles. The number of hydrogen-bond donors (Lipinski definition) is 3. The number of nitrogens with two attached hydrogens (primary N) is 1. The maximum absolute atomic E-state index is 11.7. The highest BCUT2D eigenvalue weighted by molar-refractivity contribution is 8.00. The predicted octanol–water partition coefficient (Wildman–Crippen LogP) is -0.288. The summed E-state index contributed by atoms with van der Waals surface area (Å²) in [6.45, 7) is 3.78. The lowest BCUT2D eigenvalue weighted by Gasteiger charge is -2.17. The number of ether oxygens (including phenoxy) is 2. The van der Waals surface area contributed by atoms with Gasteiger partial charge in [-0.2, -0.15) is 0 Å². The van der Waals surface area contributed by atoms with Crippen LogP contribution in [-0.2, 0) is 14.3 Å². The zero-order valence-corrected chi connectivity index (χ0v) is 15.2. The quantitative estimate of drug-likeness (QED) is 0.569. The first-order valence-electron chi connectivity index (χ1n) is 8.16. The Morgan fingerprint density at radius 2 is 2.19 bits per heavy atom. The summed E-state index contributed by atoms with van der Waals surface area (Å²) in [5.41, 5.74) is 6.56. The number of imidazole rings is 1. The summed E-state index contributed by atoms with van der Waals surface area (Å²) >= 11 is 1.29. The maximum Gasteiger partial charge on any atom is 0.318 e. The number of carbonyl (C=O) groups is 1. The van der Waals surface area contributed by atoms with Gasteiger partial charge in [-0.05, 0) is 13.8 Å². The third-order valence-corrected chi connectivity index (χ3v) is 5.34. The smallest absolute Gasteiger partial charge is 0.318 e. The average Bonchev–Trinajstić information content (AvgIpc) is 3.16. The van der Waals surface area contributed by atoms with Crippen molar-refractivity contribution in [3.8, 4) is 0 Å². The molecule has 0 spiro atoms. The largest absolute Gasteiger partial charge is 0.465 e. The molecule has 0 aromatic carbocycles. The maximum atomic E-state index is 11.7. The fourth-order valence-electron chi connectivity index (χ4n) is 2.72. The first-order valence-corrected chi connectivity index (χ1v) is 9.21. The number of aromatic nitrogens is 4. The van der Waals surface area contributed by atoms with E-state index >= 15 is 0 Å². The highest BCUT2D eigenvalue weighted by atomic mass is 32.2. The van der Waals surface area contributed by atoms with Crippen molar-refractivity contribution < 1.29 is 24.5 Å². The van der Waals surface area contributed by atoms with E-state index in [4.69, 9.17) is 15.2 Å². The Balaban J connectivity index is 1.71. The molecule has 0 bridgehead atoms. The average molecular weight is 383 g/mol. The van der Waals surface area contributed by atoms with Crippen LogP contribution in [0.3, 0.4) is 0 Å². The van der Waals surface area contributed by atoms with Gasteiger partial charge in [0.15, 0.2) is 17.7 Å². The van der Waals surface area contributed by atoms with E-state index in [2.05, 4.69) is 15.0 Å². The van der Waals surface area contributed by atoms with Crippen LogP contribution in [-0.4, -0.2) is 71.6 Å². The third-order valence-electron chi connectivity index (χ3n) is 4.13. The number of aliphatic hydroxyl groups excluding tert-OH is 2. The number of anilines is 1. The molecule has 1 fully saturated rings. The molecule has 2 aromatic rings. The molecule has 0 amide bonds. The Kier molecular flexibility index (Phi) is 5.61. The van der Waals surface area contributed by atoms with Gasteiger partial charge in [0.05, 0.1) is 24.3 Å². The molecule has 10 nitrogen and oxygen atoms in total. The summed E-state index contributed by atoms with van der Waals surface area (Å²) in [6.07, 6.45) is -1.08. The molecule has 0 saturated carbocycles. The fraction of sp³-hybridized carbons (Fsp3) is 0.600. The van der Waals surface area contributed by atoms with E-state index in [-0.39, 0.29) is 11.8 Å². The van der Waals surface area contributed by atoms with Crippen LogP contribution in [0, 0.1) is 0 Å². The first kappa shape index (κ1) is 18.8. The van der Waals surface area contributed by atoms with Crippen LogP contribution in [0.5, 0.6) is 0 Å². The van der Waals surface area contributed by atoms with Gasteiger partial charge in [-0.3, -0.25) is 9.36 Å². The van der Waals surface area contributed by atoms with Gasteiger partial charge < -0.3 is 25.4 Å². The number of thioether (sulfide) groups is 1. The minimum absolute atomic E-state index is 0.220. The molecule has 26 heavy (non-hydrogen) atoms. The van der Waals surface area contributed by atoms with Gasteiger partial charge >= 0.3 is 5.97 Å². The highest BCUT2D eigenvalue weighted by Gasteiger charge is 2.44. The van der Waals surface area contributed by atoms with Gasteiger partial charge in [0.25, 0.3) is 0 Å². The van der Waals surface area contributed by atoms with Gasteiger partial charge in [0.1, 0.15) is 24.1 Å². The summed E-state index contributed by atoms with van der Waals surface area (Å²) in [6, 6.07) is 0. The molecule has 5 atom stereocenters. The number of nitrogens with zero attached hydrogens (tertiary/aromatic N) is 4. The van der Waals surface area contributed by atoms with Gasteiger partial charge in [0, 0.05) is 5.75 Å². The fourth-order valence-corrected chi connectivity index (χ4v) is 3.68. The molecule has 11 heteroatoms. The normalized spacial score (nSPS) is 26.9. The van der Waals surface area contributed by atoms with Crippen molar-refractivity contribution in [3.05, 3.63) is 12.7 Å². The van der Waals surface area contributed by atoms with Crippen LogP contribution in [0.15, 0.2) is 12.7 Å². The van der Waals surface area contributed by atoms with Crippen molar-refractivity contribution in [1.82, 2.24) is 19.5 Å². The zero-order valence-electron chi connectivity index (χ0n) is 14.3. The van der Waals surface area contributed by atoms with Crippen molar-refractivity contribution in [2.45, 2.75) is 43.6 Å². The van der Waals surface area contributed by atoms with Crippen molar-refractivity contribution in [1.29, 1.82) is 0 Å². The lowest BCUT2D eigenvalue weighted by atomic mass is 10.1. The van der Waals surface area contributed by atoms with E-state index in [1.54, 1.807) is 13.8 Å². The second kappa shape index (κ2) is 7.74. The van der Waals surface area contributed by atoms with Crippen LogP contribution in [0.4, 0.5) is 5.82 Å². The molecule has 1 unspecified atom stereocenters. The van der Waals surface area contributed by atoms with Gasteiger partial charge in [-0.25, -0.2) is 15.0 Å². The second-order valence-electron chi connectivity index (χ2n) is 5.86. The number of carbonyl (C=O) groups excluding carboxylic acids is 1. The van der Waals surface area contributed by atoms with E-state index in [0.717, 1.165) is 0 Å². The van der Waals surface area contributed by atoms with Gasteiger partial charge in [-0.15, -0.1) is 11.8 Å². The van der Waals surface area contributed by atoms with Crippen molar-refractivity contribution in [2.75, 3.05) is 18.1 Å². The molecular weight excluding hydrogens is 362 g/mol. The lowest BCUT2D eigenvalue weighted by molar-refractivity contribution is -0.142. The predicted molar refractivity (Wildman–Crippen MR) is 94.2 cm³/mol. The molecule has 0 aliphatic carbocycles. The summed E-state index contributed by atoms with van der Waals surface area (Å²) in [5, 5.41) is 20.3. The standard InChI is InChI=1S/C15H21N5O5S/c1-3-24-15(23)7(2)26-4-8-10(21)11(22)14(25-8)20-6-19-9-12(16)17-5-18-13(9)20/h5-8,10-11,14,21-22H,3-4H2,1-2H3,(H2,16,17,18)/t7?,8-,10-,11-,14-/m1/s1. The van der Waals surface area contributed by atoms with Crippen LogP contribution >= 0.6 is 11.8 Å². The molecule has 142 valence electrons. The van der Waals surface area contributed by atoms with E-state index in [0.29, 0.717) is 23.5 Å². The lowest BCUT2D eigenvalue weighted by Crippen LogP contribution is -2.33. The van der Waals surface area contributed by atoms with Crippen molar-refractivity contribution in [3.63, 3.8) is 0 Å². The molecular formula is C15H21N5O5S. The molecule has 1 aliphatic rings. The monoisotopic (exact) mass is 383 g/mol. The number of nitrogen functional groups attached to an aromatic ring is 1. The minimum atomic E-state index is -1.17. The number of hydrogen-bond acceptors (Lipinski definition) is 10. The highest BCUT2D eigenvalue weighted by Crippen LogP contribution is 2.33. The van der Waals surface area contributed by atoms with E-state index < -0.39 is 29.8 Å². The minimum Gasteiger partial charge on any atom is -0.465 e. The summed E-state index contributed by atoms with van der Waals surface area (Å²) in [5.74, 6) is 0.213. The molecule has 3 heterocycles. The van der Waals surface area contributed by atoms with E-state index in [1.165, 1.54) is 29.0 Å². The molecule has 2 aromatic heterocycles. The summed E-state index contributed by atoms with van der Waals surface area (Å²) in [7, 11) is 0. The van der Waals surface area contributed by atoms with Crippen molar-refractivity contribution >= 4 is 34.7 Å². The SMILES string of the molecule is CCOC(=O)C(C)SC[C@H]1O[C@@H](n2cnc3c(N)ncnc32)[C@H](O)[C@@H]1O. The third kappa shape index (κ3) is 3.47. The van der Waals surface area contributed by atoms with E-state index in [9.17, 15) is 15.0 Å². The van der Waals surface area contributed by atoms with Crippen LogP contribution in [0.1, 0.15) is 20.1 Å². The summed E-state index contributed by atoms with van der Waals surface area (Å²) < 4.78 is 12.3. The number of aliphatic hydroxyl groups is 2. The Bertz CT molecular complexity index is 787. The topological polar surface area (TPSA) is 146 Å². The van der Waals surface area contributed by atoms with Crippen LogP contribution in [0.25, 0.3) is 11.2 Å². The van der Waals surface area contributed by atoms with Crippen molar-refractivity contribution in [2.24, 2.45) is 0 Å². The first-order chi connectivity index (χ1) is 12.4. The number of rotatable bonds is 6. The molecule has 0 radical (unpaired) electrons.